The molecular weight excluding hydrogens is 396 g/mol. The maximum Gasteiger partial charge on any atom is 0.270 e. The number of carbonyl (C=O) groups is 1. The highest BCUT2D eigenvalue weighted by Gasteiger charge is 2.25. The summed E-state index contributed by atoms with van der Waals surface area (Å²) in [6, 6.07) is 12.1. The van der Waals surface area contributed by atoms with E-state index in [1.165, 1.54) is 18.5 Å². The number of fused-ring (bicyclic) bond motifs is 1. The average molecular weight is 425 g/mol. The molecule has 0 radical (unpaired) electrons. The fourth-order valence-electron chi connectivity index (χ4n) is 4.02. The lowest BCUT2D eigenvalue weighted by molar-refractivity contribution is 0.0944. The monoisotopic (exact) mass is 424 g/mol. The maximum absolute atomic E-state index is 12.9. The Morgan fingerprint density at radius 3 is 2.53 bits per heavy atom. The molecule has 3 heterocycles. The minimum Gasteiger partial charge on any atom is -0.371 e. The van der Waals surface area contributed by atoms with Crippen LogP contribution in [0, 0.1) is 5.41 Å². The number of rotatable bonds is 5. The van der Waals surface area contributed by atoms with Crippen molar-refractivity contribution in [2.75, 3.05) is 18.0 Å². The second-order valence-corrected chi connectivity index (χ2v) is 9.27. The lowest BCUT2D eigenvalue weighted by Crippen LogP contribution is -2.37. The number of hydrogen-bond donors (Lipinski definition) is 1. The molecule has 0 spiro atoms. The molecule has 158 valence electrons. The van der Waals surface area contributed by atoms with Gasteiger partial charge in [0.1, 0.15) is 11.3 Å². The van der Waals surface area contributed by atoms with E-state index in [0.717, 1.165) is 24.3 Å². The van der Waals surface area contributed by atoms with E-state index >= 15 is 0 Å². The number of pyridine rings is 1. The minimum absolute atomic E-state index is 0.121. The van der Waals surface area contributed by atoms with Crippen LogP contribution in [0.5, 0.6) is 0 Å². The number of piperidine rings is 1. The van der Waals surface area contributed by atoms with Gasteiger partial charge in [-0.15, -0.1) is 0 Å². The summed E-state index contributed by atoms with van der Waals surface area (Å²) in [5.74, 6) is -0.121. The van der Waals surface area contributed by atoms with Gasteiger partial charge in [0.25, 0.3) is 5.91 Å². The van der Waals surface area contributed by atoms with Crippen LogP contribution >= 0.6 is 11.6 Å². The molecule has 30 heavy (non-hydrogen) atoms. The predicted molar refractivity (Wildman–Crippen MR) is 122 cm³/mol. The van der Waals surface area contributed by atoms with Crippen LogP contribution in [-0.2, 0) is 13.0 Å². The maximum atomic E-state index is 12.9. The number of carbonyl (C=O) groups excluding carboxylic acids is 1. The zero-order chi connectivity index (χ0) is 21.3. The molecule has 6 heteroatoms. The van der Waals surface area contributed by atoms with E-state index in [2.05, 4.69) is 53.3 Å². The normalized spacial score (nSPS) is 16.1. The van der Waals surface area contributed by atoms with Crippen LogP contribution in [-0.4, -0.2) is 28.4 Å². The summed E-state index contributed by atoms with van der Waals surface area (Å²) in [4.78, 5) is 19.9. The third-order valence-corrected chi connectivity index (χ3v) is 6.32. The summed E-state index contributed by atoms with van der Waals surface area (Å²) >= 11 is 6.07. The van der Waals surface area contributed by atoms with E-state index in [9.17, 15) is 4.79 Å². The van der Waals surface area contributed by atoms with Crippen molar-refractivity contribution in [3.63, 3.8) is 0 Å². The van der Waals surface area contributed by atoms with Gasteiger partial charge in [-0.25, -0.2) is 4.98 Å². The fourth-order valence-corrected chi connectivity index (χ4v) is 4.17. The van der Waals surface area contributed by atoms with Gasteiger partial charge in [-0.1, -0.05) is 44.5 Å². The molecular formula is C24H29ClN4O. The zero-order valence-corrected chi connectivity index (χ0v) is 18.7. The van der Waals surface area contributed by atoms with E-state index in [0.29, 0.717) is 34.7 Å². The van der Waals surface area contributed by atoms with Crippen LogP contribution in [0.2, 0.25) is 5.02 Å². The minimum atomic E-state index is -0.121. The number of anilines is 1. The van der Waals surface area contributed by atoms with E-state index in [1.807, 2.05) is 6.92 Å². The highest BCUT2D eigenvalue weighted by molar-refractivity contribution is 6.30. The number of aromatic nitrogens is 2. The Kier molecular flexibility index (Phi) is 5.74. The highest BCUT2D eigenvalue weighted by Crippen LogP contribution is 2.32. The van der Waals surface area contributed by atoms with Gasteiger partial charge >= 0.3 is 0 Å². The standard InChI is InChI=1S/C24H29ClN4O/c1-4-20-22(29-12-9-18(25)15-21(29)27-20)23(30)26-16-17-5-7-19(8-6-17)28-13-10-24(2,3)11-14-28/h5-9,12,15H,4,10-11,13-14,16H2,1-3H3,(H,26,30). The topological polar surface area (TPSA) is 49.6 Å². The molecule has 1 aliphatic rings. The van der Waals surface area contributed by atoms with Crippen LogP contribution in [0.1, 0.15) is 55.4 Å². The summed E-state index contributed by atoms with van der Waals surface area (Å²) in [7, 11) is 0. The van der Waals surface area contributed by atoms with Crippen molar-refractivity contribution in [2.24, 2.45) is 5.41 Å². The van der Waals surface area contributed by atoms with Crippen LogP contribution in [0.3, 0.4) is 0 Å². The second-order valence-electron chi connectivity index (χ2n) is 8.83. The summed E-state index contributed by atoms with van der Waals surface area (Å²) in [6.07, 6.45) is 4.92. The highest BCUT2D eigenvalue weighted by atomic mass is 35.5. The molecule has 0 bridgehead atoms. The first kappa shape index (κ1) is 20.7. The third kappa shape index (κ3) is 4.31. The Morgan fingerprint density at radius 1 is 1.17 bits per heavy atom. The molecule has 1 N–H and O–H groups in total. The molecule has 4 rings (SSSR count). The third-order valence-electron chi connectivity index (χ3n) is 6.08. The van der Waals surface area contributed by atoms with Gasteiger partial charge in [-0.05, 0) is 48.4 Å². The van der Waals surface area contributed by atoms with E-state index < -0.39 is 0 Å². The Morgan fingerprint density at radius 2 is 1.87 bits per heavy atom. The molecule has 5 nitrogen and oxygen atoms in total. The number of benzene rings is 1. The lowest BCUT2D eigenvalue weighted by Gasteiger charge is -2.38. The molecule has 1 aromatic carbocycles. The first-order valence-corrected chi connectivity index (χ1v) is 11.0. The van der Waals surface area contributed by atoms with E-state index in [1.54, 1.807) is 22.7 Å². The number of aryl methyl sites for hydroxylation is 1. The summed E-state index contributed by atoms with van der Waals surface area (Å²) in [6.45, 7) is 9.37. The number of nitrogens with zero attached hydrogens (tertiary/aromatic N) is 3. The number of hydrogen-bond acceptors (Lipinski definition) is 3. The van der Waals surface area contributed by atoms with Crippen LogP contribution in [0.15, 0.2) is 42.6 Å². The van der Waals surface area contributed by atoms with Gasteiger partial charge in [-0.2, -0.15) is 0 Å². The second kappa shape index (κ2) is 8.31. The largest absolute Gasteiger partial charge is 0.371 e. The zero-order valence-electron chi connectivity index (χ0n) is 17.9. The molecule has 1 amide bonds. The first-order chi connectivity index (χ1) is 14.4. The predicted octanol–water partition coefficient (Wildman–Crippen LogP) is 5.11. The van der Waals surface area contributed by atoms with Crippen LogP contribution in [0.25, 0.3) is 5.65 Å². The van der Waals surface area contributed by atoms with Crippen molar-refractivity contribution < 1.29 is 4.79 Å². The van der Waals surface area contributed by atoms with Gasteiger partial charge in [0.05, 0.1) is 5.69 Å². The SMILES string of the molecule is CCc1nc2cc(Cl)ccn2c1C(=O)NCc1ccc(N2CCC(C)(C)CC2)cc1. The average Bonchev–Trinajstić information content (AvgIpc) is 3.10. The molecule has 2 aromatic heterocycles. The van der Waals surface area contributed by atoms with Gasteiger partial charge in [0.15, 0.2) is 0 Å². The number of nitrogens with one attached hydrogen (secondary N) is 1. The molecule has 1 saturated heterocycles. The first-order valence-electron chi connectivity index (χ1n) is 10.6. The Bertz CT molecular complexity index is 1050. The van der Waals surface area contributed by atoms with Crippen LogP contribution < -0.4 is 10.2 Å². The van der Waals surface area contributed by atoms with Gasteiger partial charge in [-0.3, -0.25) is 9.20 Å². The smallest absolute Gasteiger partial charge is 0.270 e. The number of halogens is 1. The summed E-state index contributed by atoms with van der Waals surface area (Å²) in [5, 5.41) is 3.66. The fraction of sp³-hybridized carbons (Fsp3) is 0.417. The Labute approximate surface area is 183 Å². The summed E-state index contributed by atoms with van der Waals surface area (Å²) in [5.41, 5.74) is 4.83. The molecule has 0 atom stereocenters. The quantitative estimate of drug-likeness (QED) is 0.619. The molecule has 1 fully saturated rings. The van der Waals surface area contributed by atoms with Crippen molar-refractivity contribution in [3.8, 4) is 0 Å². The molecule has 0 saturated carbocycles. The van der Waals surface area contributed by atoms with Gasteiger partial charge in [0.2, 0.25) is 0 Å². The molecule has 0 aliphatic carbocycles. The van der Waals surface area contributed by atoms with Crippen molar-refractivity contribution in [3.05, 3.63) is 64.6 Å². The Balaban J connectivity index is 1.43. The van der Waals surface area contributed by atoms with Gasteiger partial charge in [0, 0.05) is 42.6 Å². The summed E-state index contributed by atoms with van der Waals surface area (Å²) < 4.78 is 1.81. The molecule has 3 aromatic rings. The van der Waals surface area contributed by atoms with Crippen molar-refractivity contribution in [1.82, 2.24) is 14.7 Å². The molecule has 1 aliphatic heterocycles. The Hall–Kier alpha value is -2.53. The molecule has 0 unspecified atom stereocenters. The van der Waals surface area contributed by atoms with Crippen molar-refractivity contribution in [2.45, 2.75) is 46.6 Å². The lowest BCUT2D eigenvalue weighted by atomic mass is 9.82. The van der Waals surface area contributed by atoms with Crippen LogP contribution in [0.4, 0.5) is 5.69 Å². The van der Waals surface area contributed by atoms with Gasteiger partial charge < -0.3 is 10.2 Å². The number of imidazole rings is 1. The van der Waals surface area contributed by atoms with Crippen molar-refractivity contribution >= 4 is 28.8 Å². The number of amides is 1. The van der Waals surface area contributed by atoms with Crippen molar-refractivity contribution in [1.29, 1.82) is 0 Å². The van der Waals surface area contributed by atoms with E-state index in [4.69, 9.17) is 11.6 Å². The van der Waals surface area contributed by atoms with E-state index in [-0.39, 0.29) is 5.91 Å².